The Morgan fingerprint density at radius 1 is 1.20 bits per heavy atom. The number of anilines is 2. The standard InChI is InChI=1S/C17H30N4O4/c1-11(2)9-20(8-6-5-7-13(22)23)14-15(18)21(10-12(3)4)17(25)19-16(14)24/h11-12H,5-10,18H2,1-4H3,(H,22,23)(H,19,24,25). The van der Waals surface area contributed by atoms with Crippen LogP contribution in [0.4, 0.5) is 11.5 Å². The first-order chi connectivity index (χ1) is 11.6. The Kier molecular flexibility index (Phi) is 7.73. The summed E-state index contributed by atoms with van der Waals surface area (Å²) in [5.74, 6) is -0.184. The van der Waals surface area contributed by atoms with Crippen LogP contribution >= 0.6 is 0 Å². The highest BCUT2D eigenvalue weighted by molar-refractivity contribution is 5.66. The number of aromatic nitrogens is 2. The Labute approximate surface area is 147 Å². The molecule has 0 atom stereocenters. The van der Waals surface area contributed by atoms with Crippen LogP contribution in [0.3, 0.4) is 0 Å². The van der Waals surface area contributed by atoms with E-state index in [0.29, 0.717) is 38.2 Å². The van der Waals surface area contributed by atoms with Crippen LogP contribution in [0.5, 0.6) is 0 Å². The number of rotatable bonds is 10. The number of nitrogens with two attached hydrogens (primary N) is 1. The number of hydrogen-bond donors (Lipinski definition) is 3. The first kappa shape index (κ1) is 20.8. The van der Waals surface area contributed by atoms with Gasteiger partial charge in [0.1, 0.15) is 11.5 Å². The van der Waals surface area contributed by atoms with Crippen LogP contribution in [0, 0.1) is 11.8 Å². The van der Waals surface area contributed by atoms with Crippen molar-refractivity contribution >= 4 is 17.5 Å². The maximum absolute atomic E-state index is 12.4. The zero-order chi connectivity index (χ0) is 19.1. The number of aromatic amines is 1. The van der Waals surface area contributed by atoms with E-state index < -0.39 is 17.2 Å². The van der Waals surface area contributed by atoms with Crippen molar-refractivity contribution in [3.63, 3.8) is 0 Å². The molecule has 8 nitrogen and oxygen atoms in total. The molecule has 0 amide bonds. The van der Waals surface area contributed by atoms with Gasteiger partial charge < -0.3 is 15.7 Å². The molecule has 0 unspecified atom stereocenters. The summed E-state index contributed by atoms with van der Waals surface area (Å²) in [7, 11) is 0. The summed E-state index contributed by atoms with van der Waals surface area (Å²) in [5, 5.41) is 8.75. The second kappa shape index (κ2) is 9.29. The van der Waals surface area contributed by atoms with Crippen LogP contribution in [0.25, 0.3) is 0 Å². The zero-order valence-electron chi connectivity index (χ0n) is 15.5. The highest BCUT2D eigenvalue weighted by Gasteiger charge is 2.20. The van der Waals surface area contributed by atoms with Gasteiger partial charge in [0.05, 0.1) is 0 Å². The smallest absolute Gasteiger partial charge is 0.330 e. The summed E-state index contributed by atoms with van der Waals surface area (Å²) in [6.45, 7) is 9.52. The van der Waals surface area contributed by atoms with E-state index in [-0.39, 0.29) is 24.1 Å². The Morgan fingerprint density at radius 3 is 2.36 bits per heavy atom. The number of carbonyl (C=O) groups is 1. The average molecular weight is 354 g/mol. The Bertz CT molecular complexity index is 691. The first-order valence-corrected chi connectivity index (χ1v) is 8.72. The molecule has 142 valence electrons. The summed E-state index contributed by atoms with van der Waals surface area (Å²) in [6.07, 6.45) is 1.24. The molecule has 1 aromatic rings. The van der Waals surface area contributed by atoms with Crippen LogP contribution in [-0.2, 0) is 11.3 Å². The van der Waals surface area contributed by atoms with E-state index in [2.05, 4.69) is 4.98 Å². The molecule has 25 heavy (non-hydrogen) atoms. The van der Waals surface area contributed by atoms with Crippen molar-refractivity contribution in [1.29, 1.82) is 0 Å². The monoisotopic (exact) mass is 354 g/mol. The molecule has 8 heteroatoms. The minimum atomic E-state index is -0.835. The minimum Gasteiger partial charge on any atom is -0.481 e. The van der Waals surface area contributed by atoms with E-state index in [0.717, 1.165) is 0 Å². The first-order valence-electron chi connectivity index (χ1n) is 8.72. The highest BCUT2D eigenvalue weighted by Crippen LogP contribution is 2.19. The van der Waals surface area contributed by atoms with Gasteiger partial charge >= 0.3 is 11.7 Å². The molecule has 0 radical (unpaired) electrons. The van der Waals surface area contributed by atoms with Gasteiger partial charge in [-0.15, -0.1) is 0 Å². The van der Waals surface area contributed by atoms with Gasteiger partial charge in [-0.3, -0.25) is 19.1 Å². The summed E-state index contributed by atoms with van der Waals surface area (Å²) < 4.78 is 1.39. The van der Waals surface area contributed by atoms with Crippen molar-refractivity contribution in [2.75, 3.05) is 23.7 Å². The minimum absolute atomic E-state index is 0.0915. The van der Waals surface area contributed by atoms with Crippen molar-refractivity contribution in [1.82, 2.24) is 9.55 Å². The molecule has 0 aliphatic carbocycles. The second-order valence-electron chi connectivity index (χ2n) is 7.19. The third-order valence-electron chi connectivity index (χ3n) is 3.73. The predicted octanol–water partition coefficient (Wildman–Crippen LogP) is 1.49. The number of carboxylic acid groups (broad SMARTS) is 1. The van der Waals surface area contributed by atoms with Gasteiger partial charge in [-0.05, 0) is 24.7 Å². The van der Waals surface area contributed by atoms with Crippen molar-refractivity contribution < 1.29 is 9.90 Å². The lowest BCUT2D eigenvalue weighted by atomic mass is 10.1. The number of aliphatic carboxylic acids is 1. The number of unbranched alkanes of at least 4 members (excludes halogenated alkanes) is 1. The number of H-pyrrole nitrogens is 1. The fourth-order valence-electron chi connectivity index (χ4n) is 2.74. The number of nitrogen functional groups attached to an aromatic ring is 1. The molecule has 0 spiro atoms. The summed E-state index contributed by atoms with van der Waals surface area (Å²) in [4.78, 5) is 39.3. The van der Waals surface area contributed by atoms with Crippen LogP contribution in [-0.4, -0.2) is 33.7 Å². The molecule has 0 saturated carbocycles. The van der Waals surface area contributed by atoms with Crippen LogP contribution in [0.1, 0.15) is 47.0 Å². The summed E-state index contributed by atoms with van der Waals surface area (Å²) in [5.41, 5.74) is 5.46. The van der Waals surface area contributed by atoms with Gasteiger partial charge in [0.25, 0.3) is 5.56 Å². The third-order valence-corrected chi connectivity index (χ3v) is 3.73. The fourth-order valence-corrected chi connectivity index (χ4v) is 2.74. The molecule has 0 aliphatic rings. The summed E-state index contributed by atoms with van der Waals surface area (Å²) >= 11 is 0. The second-order valence-corrected chi connectivity index (χ2v) is 7.19. The van der Waals surface area contributed by atoms with Gasteiger partial charge in [0.15, 0.2) is 0 Å². The largest absolute Gasteiger partial charge is 0.481 e. The maximum atomic E-state index is 12.4. The lowest BCUT2D eigenvalue weighted by molar-refractivity contribution is -0.137. The molecule has 1 heterocycles. The molecule has 1 aromatic heterocycles. The van der Waals surface area contributed by atoms with Gasteiger partial charge in [0.2, 0.25) is 0 Å². The number of carboxylic acids is 1. The SMILES string of the molecule is CC(C)CN(CCCCC(=O)O)c1c(N)n(CC(C)C)c(=O)[nH]c1=O. The molecule has 0 aliphatic heterocycles. The van der Waals surface area contributed by atoms with E-state index in [1.165, 1.54) is 4.57 Å². The Morgan fingerprint density at radius 2 is 1.84 bits per heavy atom. The predicted molar refractivity (Wildman–Crippen MR) is 99.1 cm³/mol. The summed E-state index contributed by atoms with van der Waals surface area (Å²) in [6, 6.07) is 0. The zero-order valence-corrected chi connectivity index (χ0v) is 15.5. The van der Waals surface area contributed by atoms with Gasteiger partial charge in [-0.2, -0.15) is 0 Å². The van der Waals surface area contributed by atoms with Crippen molar-refractivity contribution in [2.24, 2.45) is 11.8 Å². The van der Waals surface area contributed by atoms with Crippen molar-refractivity contribution in [2.45, 2.75) is 53.5 Å². The number of nitrogens with one attached hydrogen (secondary N) is 1. The molecule has 0 fully saturated rings. The normalized spacial score (nSPS) is 11.3. The quantitative estimate of drug-likeness (QED) is 0.547. The topological polar surface area (TPSA) is 121 Å². The number of hydrogen-bond acceptors (Lipinski definition) is 5. The van der Waals surface area contributed by atoms with Gasteiger partial charge in [-0.25, -0.2) is 4.79 Å². The van der Waals surface area contributed by atoms with Crippen LogP contribution in [0.2, 0.25) is 0 Å². The van der Waals surface area contributed by atoms with E-state index >= 15 is 0 Å². The molecular weight excluding hydrogens is 324 g/mol. The van der Waals surface area contributed by atoms with E-state index in [1.54, 1.807) is 0 Å². The Balaban J connectivity index is 3.17. The molecular formula is C17H30N4O4. The molecule has 0 bridgehead atoms. The van der Waals surface area contributed by atoms with Crippen LogP contribution in [0.15, 0.2) is 9.59 Å². The van der Waals surface area contributed by atoms with E-state index in [1.807, 2.05) is 32.6 Å². The molecule has 0 aromatic carbocycles. The molecule has 4 N–H and O–H groups in total. The number of nitrogens with zero attached hydrogens (tertiary/aromatic N) is 2. The van der Waals surface area contributed by atoms with E-state index in [9.17, 15) is 14.4 Å². The average Bonchev–Trinajstić information content (AvgIpc) is 2.46. The van der Waals surface area contributed by atoms with Crippen LogP contribution < -0.4 is 21.9 Å². The van der Waals surface area contributed by atoms with Gasteiger partial charge in [0, 0.05) is 26.1 Å². The lowest BCUT2D eigenvalue weighted by Gasteiger charge is -2.28. The maximum Gasteiger partial charge on any atom is 0.330 e. The molecule has 1 rings (SSSR count). The lowest BCUT2D eigenvalue weighted by Crippen LogP contribution is -2.40. The third kappa shape index (κ3) is 6.28. The fraction of sp³-hybridized carbons (Fsp3) is 0.706. The van der Waals surface area contributed by atoms with Crippen molar-refractivity contribution in [3.05, 3.63) is 20.8 Å². The highest BCUT2D eigenvalue weighted by atomic mass is 16.4. The Hall–Kier alpha value is -2.25. The van der Waals surface area contributed by atoms with Gasteiger partial charge in [-0.1, -0.05) is 27.7 Å². The molecule has 0 saturated heterocycles. The van der Waals surface area contributed by atoms with E-state index in [4.69, 9.17) is 10.8 Å². The van der Waals surface area contributed by atoms with Crippen molar-refractivity contribution in [3.8, 4) is 0 Å².